The third-order valence-electron chi connectivity index (χ3n) is 3.57. The molecule has 1 heterocycles. The maximum atomic E-state index is 13.0. The van der Waals surface area contributed by atoms with Gasteiger partial charge in [-0.3, -0.25) is 4.79 Å². The Bertz CT molecular complexity index is 737. The van der Waals surface area contributed by atoms with Crippen LogP contribution in [0.15, 0.2) is 42.6 Å². The second-order valence-corrected chi connectivity index (χ2v) is 5.32. The van der Waals surface area contributed by atoms with Gasteiger partial charge in [0, 0.05) is 11.9 Å². The zero-order chi connectivity index (χ0) is 16.9. The SMILES string of the molecule is C#C[C@](C)(CC)NC(=O)c1cccnc1Nc1ccc(F)cc1. The van der Waals surface area contributed by atoms with Crippen molar-refractivity contribution in [2.24, 2.45) is 0 Å². The highest BCUT2D eigenvalue weighted by atomic mass is 19.1. The van der Waals surface area contributed by atoms with Gasteiger partial charge in [-0.2, -0.15) is 0 Å². The molecule has 23 heavy (non-hydrogen) atoms. The van der Waals surface area contributed by atoms with Crippen LogP contribution in [-0.4, -0.2) is 16.4 Å². The minimum atomic E-state index is -0.722. The number of pyridine rings is 1. The van der Waals surface area contributed by atoms with E-state index in [0.29, 0.717) is 23.5 Å². The maximum Gasteiger partial charge on any atom is 0.256 e. The van der Waals surface area contributed by atoms with Crippen molar-refractivity contribution < 1.29 is 9.18 Å². The van der Waals surface area contributed by atoms with Crippen LogP contribution in [0.4, 0.5) is 15.9 Å². The Morgan fingerprint density at radius 3 is 2.65 bits per heavy atom. The number of hydrogen-bond donors (Lipinski definition) is 2. The number of carbonyl (C=O) groups excluding carboxylic acids is 1. The average molecular weight is 311 g/mol. The Labute approximate surface area is 135 Å². The number of nitrogens with one attached hydrogen (secondary N) is 2. The van der Waals surface area contributed by atoms with Crippen molar-refractivity contribution in [2.75, 3.05) is 5.32 Å². The molecule has 2 aromatic rings. The molecular weight excluding hydrogens is 293 g/mol. The number of aromatic nitrogens is 1. The van der Waals surface area contributed by atoms with Gasteiger partial charge in [-0.05, 0) is 49.7 Å². The lowest BCUT2D eigenvalue weighted by atomic mass is 9.99. The van der Waals surface area contributed by atoms with Crippen LogP contribution in [0.5, 0.6) is 0 Å². The molecule has 1 amide bonds. The normalized spacial score (nSPS) is 12.8. The van der Waals surface area contributed by atoms with Gasteiger partial charge in [-0.25, -0.2) is 9.37 Å². The van der Waals surface area contributed by atoms with Gasteiger partial charge in [0.15, 0.2) is 0 Å². The first kappa shape index (κ1) is 16.5. The first-order valence-electron chi connectivity index (χ1n) is 7.25. The summed E-state index contributed by atoms with van der Waals surface area (Å²) < 4.78 is 13.0. The van der Waals surface area contributed by atoms with E-state index in [0.717, 1.165) is 0 Å². The molecule has 0 saturated heterocycles. The molecule has 0 fully saturated rings. The average Bonchev–Trinajstić information content (AvgIpc) is 2.57. The van der Waals surface area contributed by atoms with Crippen molar-refractivity contribution >= 4 is 17.4 Å². The largest absolute Gasteiger partial charge is 0.340 e. The highest BCUT2D eigenvalue weighted by molar-refractivity contribution is 5.99. The third kappa shape index (κ3) is 4.07. The number of nitrogens with zero attached hydrogens (tertiary/aromatic N) is 1. The van der Waals surface area contributed by atoms with Crippen LogP contribution in [0.2, 0.25) is 0 Å². The summed E-state index contributed by atoms with van der Waals surface area (Å²) in [6, 6.07) is 9.13. The molecule has 0 unspecified atom stereocenters. The van der Waals surface area contributed by atoms with E-state index in [9.17, 15) is 9.18 Å². The van der Waals surface area contributed by atoms with E-state index in [4.69, 9.17) is 6.42 Å². The van der Waals surface area contributed by atoms with Gasteiger partial charge >= 0.3 is 0 Å². The van der Waals surface area contributed by atoms with E-state index in [2.05, 4.69) is 21.5 Å². The predicted molar refractivity (Wildman–Crippen MR) is 88.9 cm³/mol. The molecule has 1 aromatic carbocycles. The molecule has 0 saturated carbocycles. The second-order valence-electron chi connectivity index (χ2n) is 5.32. The first-order valence-corrected chi connectivity index (χ1v) is 7.25. The zero-order valence-electron chi connectivity index (χ0n) is 13.1. The van der Waals surface area contributed by atoms with Gasteiger partial charge in [-0.1, -0.05) is 12.8 Å². The Morgan fingerprint density at radius 2 is 2.04 bits per heavy atom. The van der Waals surface area contributed by atoms with Crippen molar-refractivity contribution in [3.05, 3.63) is 54.0 Å². The van der Waals surface area contributed by atoms with Crippen LogP contribution >= 0.6 is 0 Å². The van der Waals surface area contributed by atoms with Gasteiger partial charge in [0.05, 0.1) is 11.1 Å². The van der Waals surface area contributed by atoms with Gasteiger partial charge in [-0.15, -0.1) is 6.42 Å². The lowest BCUT2D eigenvalue weighted by Gasteiger charge is -2.24. The fraction of sp³-hybridized carbons (Fsp3) is 0.222. The van der Waals surface area contributed by atoms with E-state index in [-0.39, 0.29) is 11.7 Å². The molecule has 5 heteroatoms. The number of rotatable bonds is 5. The van der Waals surface area contributed by atoms with Gasteiger partial charge < -0.3 is 10.6 Å². The highest BCUT2D eigenvalue weighted by Gasteiger charge is 2.23. The molecule has 0 aliphatic heterocycles. The lowest BCUT2D eigenvalue weighted by molar-refractivity contribution is 0.0924. The third-order valence-corrected chi connectivity index (χ3v) is 3.57. The summed E-state index contributed by atoms with van der Waals surface area (Å²) in [5.41, 5.74) is 0.279. The van der Waals surface area contributed by atoms with Gasteiger partial charge in [0.2, 0.25) is 0 Å². The lowest BCUT2D eigenvalue weighted by Crippen LogP contribution is -2.44. The monoisotopic (exact) mass is 311 g/mol. The summed E-state index contributed by atoms with van der Waals surface area (Å²) in [5.74, 6) is 2.33. The molecule has 4 nitrogen and oxygen atoms in total. The van der Waals surface area contributed by atoms with E-state index in [1.54, 1.807) is 37.4 Å². The highest BCUT2D eigenvalue weighted by Crippen LogP contribution is 2.20. The molecule has 0 aliphatic carbocycles. The van der Waals surface area contributed by atoms with Crippen molar-refractivity contribution in [2.45, 2.75) is 25.8 Å². The molecule has 118 valence electrons. The molecule has 1 atom stereocenters. The molecule has 0 radical (unpaired) electrons. The molecule has 0 bridgehead atoms. The molecule has 0 spiro atoms. The fourth-order valence-corrected chi connectivity index (χ4v) is 1.90. The number of benzene rings is 1. The molecule has 2 rings (SSSR count). The van der Waals surface area contributed by atoms with E-state index < -0.39 is 5.54 Å². The number of terminal acetylenes is 1. The Balaban J connectivity index is 2.25. The maximum absolute atomic E-state index is 13.0. The van der Waals surface area contributed by atoms with Gasteiger partial charge in [0.1, 0.15) is 11.6 Å². The van der Waals surface area contributed by atoms with Crippen LogP contribution in [-0.2, 0) is 0 Å². The van der Waals surface area contributed by atoms with Crippen LogP contribution in [0.1, 0.15) is 30.6 Å². The van der Waals surface area contributed by atoms with E-state index in [1.807, 2.05) is 6.92 Å². The Morgan fingerprint density at radius 1 is 1.35 bits per heavy atom. The van der Waals surface area contributed by atoms with Crippen LogP contribution in [0, 0.1) is 18.2 Å². The van der Waals surface area contributed by atoms with Crippen molar-refractivity contribution in [1.29, 1.82) is 0 Å². The van der Waals surface area contributed by atoms with Crippen LogP contribution < -0.4 is 10.6 Å². The summed E-state index contributed by atoms with van der Waals surface area (Å²) in [6.45, 7) is 3.69. The predicted octanol–water partition coefficient (Wildman–Crippen LogP) is 3.50. The van der Waals surface area contributed by atoms with Crippen LogP contribution in [0.3, 0.4) is 0 Å². The van der Waals surface area contributed by atoms with E-state index >= 15 is 0 Å². The standard InChI is InChI=1S/C18H18FN3O/c1-4-18(3,5-2)22-17(23)15-7-6-12-20-16(15)21-14-10-8-13(19)9-11-14/h1,6-12H,5H2,2-3H3,(H,20,21)(H,22,23)/t18-/m1/s1. The molecule has 2 N–H and O–H groups in total. The second kappa shape index (κ2) is 6.93. The quantitative estimate of drug-likeness (QED) is 0.831. The summed E-state index contributed by atoms with van der Waals surface area (Å²) in [6.07, 6.45) is 7.67. The van der Waals surface area contributed by atoms with Gasteiger partial charge in [0.25, 0.3) is 5.91 Å². The minimum Gasteiger partial charge on any atom is -0.340 e. The zero-order valence-corrected chi connectivity index (χ0v) is 13.1. The Kier molecular flexibility index (Phi) is 4.97. The summed E-state index contributed by atoms with van der Waals surface area (Å²) in [7, 11) is 0. The molecule has 0 aliphatic rings. The van der Waals surface area contributed by atoms with Crippen molar-refractivity contribution in [3.63, 3.8) is 0 Å². The smallest absolute Gasteiger partial charge is 0.256 e. The summed E-state index contributed by atoms with van der Waals surface area (Å²) in [5, 5.41) is 5.84. The number of halogens is 1. The molecule has 1 aromatic heterocycles. The van der Waals surface area contributed by atoms with E-state index in [1.165, 1.54) is 12.1 Å². The topological polar surface area (TPSA) is 54.0 Å². The number of anilines is 2. The number of amides is 1. The summed E-state index contributed by atoms with van der Waals surface area (Å²) in [4.78, 5) is 16.7. The first-order chi connectivity index (χ1) is 11.0. The number of hydrogen-bond acceptors (Lipinski definition) is 3. The van der Waals surface area contributed by atoms with Crippen molar-refractivity contribution in [3.8, 4) is 12.3 Å². The Hall–Kier alpha value is -2.87. The van der Waals surface area contributed by atoms with Crippen molar-refractivity contribution in [1.82, 2.24) is 10.3 Å². The molecular formula is C18H18FN3O. The minimum absolute atomic E-state index is 0.315. The number of carbonyl (C=O) groups is 1. The summed E-state index contributed by atoms with van der Waals surface area (Å²) >= 11 is 0. The van der Waals surface area contributed by atoms with Crippen LogP contribution in [0.25, 0.3) is 0 Å². The fourth-order valence-electron chi connectivity index (χ4n) is 1.90.